The van der Waals surface area contributed by atoms with E-state index < -0.39 is 25.1 Å². The van der Waals surface area contributed by atoms with Crippen LogP contribution in [0.5, 0.6) is 23.0 Å². The summed E-state index contributed by atoms with van der Waals surface area (Å²) in [6, 6.07) is 16.1. The molecule has 0 aromatic heterocycles. The van der Waals surface area contributed by atoms with Crippen LogP contribution in [0.1, 0.15) is 192 Å². The molecule has 3 rings (SSSR count). The van der Waals surface area contributed by atoms with Gasteiger partial charge in [0.15, 0.2) is 17.2 Å². The molecule has 3 aromatic carbocycles. The van der Waals surface area contributed by atoms with Crippen LogP contribution in [0.25, 0.3) is 0 Å². The molecule has 0 aliphatic heterocycles. The molecule has 10 heteroatoms. The van der Waals surface area contributed by atoms with E-state index in [1.807, 2.05) is 18.2 Å². The van der Waals surface area contributed by atoms with Gasteiger partial charge in [-0.2, -0.15) is 16.8 Å². The molecule has 0 amide bonds. The number of rotatable bonds is 33. The lowest BCUT2D eigenvalue weighted by molar-refractivity contribution is 0.401. The molecule has 0 aliphatic rings. The monoisotopic (exact) mass is 842 g/mol. The van der Waals surface area contributed by atoms with Crippen molar-refractivity contribution in [3.8, 4) is 23.0 Å². The molecule has 0 saturated heterocycles. The highest BCUT2D eigenvalue weighted by Gasteiger charge is 2.35. The van der Waals surface area contributed by atoms with E-state index in [1.165, 1.54) is 44.9 Å². The maximum Gasteiger partial charge on any atom is 0.298 e. The van der Waals surface area contributed by atoms with E-state index >= 15 is 0 Å². The van der Waals surface area contributed by atoms with Gasteiger partial charge in [-0.3, -0.25) is 9.11 Å². The molecule has 326 valence electrons. The van der Waals surface area contributed by atoms with Gasteiger partial charge in [0.25, 0.3) is 20.2 Å². The molecule has 0 bridgehead atoms. The molecular formula is C48H74O8S2. The van der Waals surface area contributed by atoms with Gasteiger partial charge in [0, 0.05) is 5.56 Å². The van der Waals surface area contributed by atoms with Crippen LogP contribution in [0.4, 0.5) is 0 Å². The molecule has 2 N–H and O–H groups in total. The van der Waals surface area contributed by atoms with E-state index in [0.29, 0.717) is 54.7 Å². The van der Waals surface area contributed by atoms with Gasteiger partial charge in [-0.15, -0.1) is 0 Å². The summed E-state index contributed by atoms with van der Waals surface area (Å²) in [5, 5.41) is 0. The van der Waals surface area contributed by atoms with Crippen molar-refractivity contribution >= 4 is 20.2 Å². The van der Waals surface area contributed by atoms with Crippen LogP contribution in [0.2, 0.25) is 0 Å². The van der Waals surface area contributed by atoms with Gasteiger partial charge >= 0.3 is 0 Å². The topological polar surface area (TPSA) is 127 Å². The molecule has 0 aliphatic carbocycles. The van der Waals surface area contributed by atoms with Crippen molar-refractivity contribution in [2.45, 2.75) is 204 Å². The summed E-state index contributed by atoms with van der Waals surface area (Å²) in [5.41, 5.74) is 0.708. The molecular weight excluding hydrogens is 769 g/mol. The number of ether oxygens (including phenoxy) is 2. The van der Waals surface area contributed by atoms with Crippen molar-refractivity contribution in [2.75, 3.05) is 0 Å². The molecule has 0 saturated carbocycles. The Hall–Kier alpha value is -2.92. The summed E-state index contributed by atoms with van der Waals surface area (Å²) in [6.45, 7) is 6.57. The maximum atomic E-state index is 13.7. The summed E-state index contributed by atoms with van der Waals surface area (Å²) >= 11 is 0. The highest BCUT2D eigenvalue weighted by atomic mass is 32.2. The molecule has 0 atom stereocenters. The Kier molecular flexibility index (Phi) is 23.7. The summed E-state index contributed by atoms with van der Waals surface area (Å²) in [7, 11) is -9.99. The van der Waals surface area contributed by atoms with E-state index in [1.54, 1.807) is 36.4 Å². The van der Waals surface area contributed by atoms with E-state index in [4.69, 9.17) is 9.47 Å². The van der Waals surface area contributed by atoms with Crippen LogP contribution in [-0.4, -0.2) is 25.9 Å². The molecule has 8 nitrogen and oxygen atoms in total. The highest BCUT2D eigenvalue weighted by molar-refractivity contribution is 7.86. The third-order valence-electron chi connectivity index (χ3n) is 11.1. The van der Waals surface area contributed by atoms with Crippen LogP contribution in [0.15, 0.2) is 64.4 Å². The summed E-state index contributed by atoms with van der Waals surface area (Å²) < 4.78 is 89.7. The fourth-order valence-electron chi connectivity index (χ4n) is 7.93. The highest BCUT2D eigenvalue weighted by Crippen LogP contribution is 2.46. The first-order chi connectivity index (χ1) is 28.0. The molecule has 0 heterocycles. The van der Waals surface area contributed by atoms with Gasteiger partial charge in [-0.05, 0) is 73.9 Å². The van der Waals surface area contributed by atoms with Crippen LogP contribution < -0.4 is 9.47 Å². The lowest BCUT2D eigenvalue weighted by Crippen LogP contribution is -2.18. The lowest BCUT2D eigenvalue weighted by Gasteiger charge is -2.25. The minimum Gasteiger partial charge on any atom is -0.453 e. The Labute approximate surface area is 352 Å². The lowest BCUT2D eigenvalue weighted by atomic mass is 9.91. The zero-order chi connectivity index (χ0) is 42.1. The van der Waals surface area contributed by atoms with Crippen molar-refractivity contribution in [1.29, 1.82) is 0 Å². The van der Waals surface area contributed by atoms with Gasteiger partial charge in [0.2, 0.25) is 0 Å². The van der Waals surface area contributed by atoms with Crippen molar-refractivity contribution in [3.05, 3.63) is 71.3 Å². The first-order valence-electron chi connectivity index (χ1n) is 22.7. The maximum absolute atomic E-state index is 13.7. The van der Waals surface area contributed by atoms with Crippen molar-refractivity contribution < 1.29 is 35.4 Å². The first kappa shape index (κ1) is 49.4. The molecule has 0 radical (unpaired) electrons. The summed E-state index contributed by atoms with van der Waals surface area (Å²) in [4.78, 5) is -0.950. The Morgan fingerprint density at radius 3 is 1.16 bits per heavy atom. The Balaban J connectivity index is 2.18. The van der Waals surface area contributed by atoms with E-state index in [2.05, 4.69) is 20.8 Å². The molecule has 0 fully saturated rings. The quantitative estimate of drug-likeness (QED) is 0.0458. The predicted molar refractivity (Wildman–Crippen MR) is 238 cm³/mol. The third-order valence-corrected chi connectivity index (χ3v) is 13.0. The van der Waals surface area contributed by atoms with Crippen LogP contribution in [-0.2, 0) is 39.5 Å². The zero-order valence-electron chi connectivity index (χ0n) is 35.9. The van der Waals surface area contributed by atoms with Crippen LogP contribution >= 0.6 is 0 Å². The van der Waals surface area contributed by atoms with Gasteiger partial charge in [0.1, 0.15) is 15.5 Å². The molecule has 0 spiro atoms. The zero-order valence-corrected chi connectivity index (χ0v) is 37.6. The Bertz CT molecular complexity index is 1810. The number of benzene rings is 3. The minimum absolute atomic E-state index is 0.0419. The van der Waals surface area contributed by atoms with E-state index in [9.17, 15) is 25.9 Å². The van der Waals surface area contributed by atoms with Crippen molar-refractivity contribution in [2.24, 2.45) is 0 Å². The number of hydrogen-bond donors (Lipinski definition) is 2. The van der Waals surface area contributed by atoms with Gasteiger partial charge in [-0.1, -0.05) is 186 Å². The van der Waals surface area contributed by atoms with Gasteiger partial charge < -0.3 is 9.47 Å². The number of para-hydroxylation sites is 3. The van der Waals surface area contributed by atoms with Gasteiger partial charge in [0.05, 0.1) is 0 Å². The van der Waals surface area contributed by atoms with Crippen molar-refractivity contribution in [3.63, 3.8) is 0 Å². The van der Waals surface area contributed by atoms with E-state index in [-0.39, 0.29) is 28.4 Å². The summed E-state index contributed by atoms with van der Waals surface area (Å²) in [5.74, 6) is 1.04. The van der Waals surface area contributed by atoms with Gasteiger partial charge in [-0.25, -0.2) is 0 Å². The normalized spacial score (nSPS) is 11.9. The Morgan fingerprint density at radius 1 is 0.397 bits per heavy atom. The molecule has 0 unspecified atom stereocenters. The Morgan fingerprint density at radius 2 is 0.741 bits per heavy atom. The first-order valence-corrected chi connectivity index (χ1v) is 25.6. The third kappa shape index (κ3) is 17.7. The number of unbranched alkanes of at least 4 members (excludes halogenated alkanes) is 21. The summed E-state index contributed by atoms with van der Waals surface area (Å²) in [6.07, 6.45) is 25.2. The average molecular weight is 843 g/mol. The average Bonchev–Trinajstić information content (AvgIpc) is 3.18. The predicted octanol–water partition coefficient (Wildman–Crippen LogP) is 14.8. The molecule has 58 heavy (non-hydrogen) atoms. The second-order valence-corrected chi connectivity index (χ2v) is 18.7. The number of hydrogen-bond acceptors (Lipinski definition) is 6. The fourth-order valence-corrected chi connectivity index (χ4v) is 9.96. The standard InChI is InChI=1S/C48H74O8S2/c1-4-7-10-13-16-19-22-28-35-41-42(36-29-23-20-17-14-11-8-5-2)47(57(49,50)51)43(37-30-24-21-18-15-12-9-6-3)48(58(52,53)54)46(41)56-45-39-32-31-38-44(45)55-40-33-26-25-27-34-40/h25-27,31-34,38-39H,4-24,28-30,35-37H2,1-3H3,(H,49,50,51)(H,52,53,54). The largest absolute Gasteiger partial charge is 0.453 e. The fraction of sp³-hybridized carbons (Fsp3) is 0.625. The van der Waals surface area contributed by atoms with Crippen LogP contribution in [0.3, 0.4) is 0 Å². The van der Waals surface area contributed by atoms with E-state index in [0.717, 1.165) is 89.9 Å². The molecule has 3 aromatic rings. The van der Waals surface area contributed by atoms with Crippen LogP contribution in [0, 0.1) is 0 Å². The minimum atomic E-state index is -5.07. The second kappa shape index (κ2) is 27.8. The smallest absolute Gasteiger partial charge is 0.298 e. The second-order valence-electron chi connectivity index (χ2n) is 16.0. The van der Waals surface area contributed by atoms with Crippen molar-refractivity contribution in [1.82, 2.24) is 0 Å². The SMILES string of the molecule is CCCCCCCCCCc1c(CCCCCCCCCC)c(S(=O)(=O)O)c(CCCCCCCCCC)c(S(=O)(=O)O)c1Oc1ccccc1Oc1ccccc1.